The van der Waals surface area contributed by atoms with E-state index in [9.17, 15) is 4.79 Å². The number of nitrogens with zero attached hydrogens (tertiary/aromatic N) is 2. The topological polar surface area (TPSA) is 70.7 Å². The molecule has 0 fully saturated rings. The number of aromatic amines is 1. The second kappa shape index (κ2) is 4.14. The van der Waals surface area contributed by atoms with Gasteiger partial charge in [-0.2, -0.15) is 5.10 Å². The highest BCUT2D eigenvalue weighted by Gasteiger charge is 2.09. The van der Waals surface area contributed by atoms with E-state index in [1.54, 1.807) is 18.3 Å². The molecule has 5 nitrogen and oxygen atoms in total. The van der Waals surface area contributed by atoms with Gasteiger partial charge in [0.1, 0.15) is 5.82 Å². The number of carbonyl (C=O) groups is 1. The number of amides is 1. The quantitative estimate of drug-likeness (QED) is 0.802. The van der Waals surface area contributed by atoms with Gasteiger partial charge in [0.25, 0.3) is 5.91 Å². The molecule has 2 N–H and O–H groups in total. The number of H-pyrrole nitrogens is 1. The average Bonchev–Trinajstić information content (AvgIpc) is 2.65. The lowest BCUT2D eigenvalue weighted by Crippen LogP contribution is -2.13. The summed E-state index contributed by atoms with van der Waals surface area (Å²) in [5, 5.41) is 9.26. The molecule has 2 aromatic rings. The Morgan fingerprint density at radius 2 is 2.19 bits per heavy atom. The summed E-state index contributed by atoms with van der Waals surface area (Å²) in [5.74, 6) is 0.271. The summed E-state index contributed by atoms with van der Waals surface area (Å²) in [7, 11) is 0. The fraction of sp³-hybridized carbons (Fsp3) is 0.182. The highest BCUT2D eigenvalue weighted by molar-refractivity contribution is 6.02. The molecule has 5 heteroatoms. The Morgan fingerprint density at radius 1 is 1.38 bits per heavy atom. The predicted molar refractivity (Wildman–Crippen MR) is 60.3 cm³/mol. The molecule has 0 aliphatic heterocycles. The van der Waals surface area contributed by atoms with Crippen molar-refractivity contribution in [2.45, 2.75) is 13.8 Å². The van der Waals surface area contributed by atoms with E-state index in [0.717, 1.165) is 11.3 Å². The number of anilines is 1. The highest BCUT2D eigenvalue weighted by Crippen LogP contribution is 2.07. The molecular weight excluding hydrogens is 204 g/mol. The third kappa shape index (κ3) is 2.25. The third-order valence-corrected chi connectivity index (χ3v) is 2.10. The Morgan fingerprint density at radius 3 is 2.81 bits per heavy atom. The monoisotopic (exact) mass is 216 g/mol. The summed E-state index contributed by atoms with van der Waals surface area (Å²) >= 11 is 0. The van der Waals surface area contributed by atoms with E-state index < -0.39 is 0 Å². The second-order valence-electron chi connectivity index (χ2n) is 3.61. The minimum atomic E-state index is -0.262. The summed E-state index contributed by atoms with van der Waals surface area (Å²) in [6.45, 7) is 3.78. The van der Waals surface area contributed by atoms with E-state index in [4.69, 9.17) is 0 Å². The molecule has 0 spiro atoms. The summed E-state index contributed by atoms with van der Waals surface area (Å²) in [4.78, 5) is 15.7. The van der Waals surface area contributed by atoms with Crippen LogP contribution in [0.15, 0.2) is 24.4 Å². The number of aryl methyl sites for hydroxylation is 2. The van der Waals surface area contributed by atoms with Gasteiger partial charge in [-0.15, -0.1) is 0 Å². The molecule has 0 aliphatic rings. The second-order valence-corrected chi connectivity index (χ2v) is 3.61. The molecule has 0 atom stereocenters. The highest BCUT2D eigenvalue weighted by atomic mass is 16.2. The van der Waals surface area contributed by atoms with Gasteiger partial charge >= 0.3 is 0 Å². The maximum atomic E-state index is 11.7. The van der Waals surface area contributed by atoms with E-state index in [-0.39, 0.29) is 5.91 Å². The van der Waals surface area contributed by atoms with Gasteiger partial charge < -0.3 is 5.32 Å². The first-order valence-corrected chi connectivity index (χ1v) is 4.91. The Balaban J connectivity index is 2.13. The summed E-state index contributed by atoms with van der Waals surface area (Å²) in [5.41, 5.74) is 2.26. The Hall–Kier alpha value is -2.17. The Labute approximate surface area is 92.9 Å². The van der Waals surface area contributed by atoms with Gasteiger partial charge in [-0.25, -0.2) is 4.98 Å². The fourth-order valence-electron chi connectivity index (χ4n) is 1.32. The van der Waals surface area contributed by atoms with Gasteiger partial charge in [0, 0.05) is 11.9 Å². The SMILES string of the molecule is Cc1ccnc(NC(=O)c2cc(C)[nH]n2)c1. The van der Waals surface area contributed by atoms with Gasteiger partial charge in [0.15, 0.2) is 5.69 Å². The predicted octanol–water partition coefficient (Wildman–Crippen LogP) is 1.67. The van der Waals surface area contributed by atoms with Crippen LogP contribution in [0.3, 0.4) is 0 Å². The van der Waals surface area contributed by atoms with E-state index >= 15 is 0 Å². The Kier molecular flexibility index (Phi) is 2.68. The number of hydrogen-bond acceptors (Lipinski definition) is 3. The first-order valence-electron chi connectivity index (χ1n) is 4.91. The van der Waals surface area contributed by atoms with Crippen molar-refractivity contribution in [3.05, 3.63) is 41.3 Å². The zero-order valence-corrected chi connectivity index (χ0v) is 9.11. The van der Waals surface area contributed by atoms with Crippen LogP contribution < -0.4 is 5.32 Å². The van der Waals surface area contributed by atoms with Crippen molar-refractivity contribution in [1.29, 1.82) is 0 Å². The van der Waals surface area contributed by atoms with Crippen LogP contribution in [0.2, 0.25) is 0 Å². The largest absolute Gasteiger partial charge is 0.305 e. The lowest BCUT2D eigenvalue weighted by molar-refractivity contribution is 0.102. The minimum absolute atomic E-state index is 0.262. The number of pyridine rings is 1. The lowest BCUT2D eigenvalue weighted by Gasteiger charge is -2.02. The number of nitrogens with one attached hydrogen (secondary N) is 2. The molecular formula is C11H12N4O. The van der Waals surface area contributed by atoms with Crippen molar-refractivity contribution in [2.75, 3.05) is 5.32 Å². The van der Waals surface area contributed by atoms with Gasteiger partial charge in [-0.1, -0.05) is 0 Å². The van der Waals surface area contributed by atoms with Crippen molar-refractivity contribution < 1.29 is 4.79 Å². The van der Waals surface area contributed by atoms with Gasteiger partial charge in [-0.3, -0.25) is 9.89 Å². The molecule has 2 heterocycles. The number of carbonyl (C=O) groups excluding carboxylic acids is 1. The third-order valence-electron chi connectivity index (χ3n) is 2.10. The minimum Gasteiger partial charge on any atom is -0.305 e. The van der Waals surface area contributed by atoms with Gasteiger partial charge in [0.05, 0.1) is 0 Å². The van der Waals surface area contributed by atoms with E-state index in [1.807, 2.05) is 19.9 Å². The average molecular weight is 216 g/mol. The first kappa shape index (κ1) is 10.4. The van der Waals surface area contributed by atoms with Crippen molar-refractivity contribution in [1.82, 2.24) is 15.2 Å². The molecule has 82 valence electrons. The summed E-state index contributed by atoms with van der Waals surface area (Å²) in [6, 6.07) is 5.36. The van der Waals surface area contributed by atoms with Crippen molar-refractivity contribution in [3.8, 4) is 0 Å². The number of hydrogen-bond donors (Lipinski definition) is 2. The zero-order valence-electron chi connectivity index (χ0n) is 9.11. The zero-order chi connectivity index (χ0) is 11.5. The van der Waals surface area contributed by atoms with Crippen molar-refractivity contribution >= 4 is 11.7 Å². The van der Waals surface area contributed by atoms with Crippen LogP contribution in [0.4, 0.5) is 5.82 Å². The molecule has 0 radical (unpaired) electrons. The molecule has 0 saturated carbocycles. The van der Waals surface area contributed by atoms with E-state index in [1.165, 1.54) is 0 Å². The van der Waals surface area contributed by atoms with E-state index in [0.29, 0.717) is 11.5 Å². The van der Waals surface area contributed by atoms with Crippen LogP contribution in [-0.2, 0) is 0 Å². The molecule has 1 amide bonds. The van der Waals surface area contributed by atoms with Crippen LogP contribution in [0.5, 0.6) is 0 Å². The van der Waals surface area contributed by atoms with E-state index in [2.05, 4.69) is 20.5 Å². The summed E-state index contributed by atoms with van der Waals surface area (Å²) in [6.07, 6.45) is 1.65. The van der Waals surface area contributed by atoms with Crippen molar-refractivity contribution in [2.24, 2.45) is 0 Å². The number of rotatable bonds is 2. The molecule has 0 saturated heterocycles. The summed E-state index contributed by atoms with van der Waals surface area (Å²) < 4.78 is 0. The van der Waals surface area contributed by atoms with Crippen molar-refractivity contribution in [3.63, 3.8) is 0 Å². The maximum Gasteiger partial charge on any atom is 0.277 e. The molecule has 0 unspecified atom stereocenters. The van der Waals surface area contributed by atoms with Crippen LogP contribution in [0.25, 0.3) is 0 Å². The molecule has 16 heavy (non-hydrogen) atoms. The van der Waals surface area contributed by atoms with Crippen LogP contribution >= 0.6 is 0 Å². The lowest BCUT2D eigenvalue weighted by atomic mass is 10.3. The van der Waals surface area contributed by atoms with Gasteiger partial charge in [-0.05, 0) is 37.6 Å². The van der Waals surface area contributed by atoms with Crippen LogP contribution in [0.1, 0.15) is 21.7 Å². The number of aromatic nitrogens is 3. The first-order chi connectivity index (χ1) is 7.65. The fourth-order valence-corrected chi connectivity index (χ4v) is 1.32. The molecule has 0 aliphatic carbocycles. The standard InChI is InChI=1S/C11H12N4O/c1-7-3-4-12-10(5-7)13-11(16)9-6-8(2)14-15-9/h3-6H,1-2H3,(H,14,15)(H,12,13,16). The Bertz CT molecular complexity index is 518. The smallest absolute Gasteiger partial charge is 0.277 e. The molecule has 2 aromatic heterocycles. The maximum absolute atomic E-state index is 11.7. The van der Waals surface area contributed by atoms with Crippen LogP contribution in [0, 0.1) is 13.8 Å². The van der Waals surface area contributed by atoms with Gasteiger partial charge in [0.2, 0.25) is 0 Å². The molecule has 2 rings (SSSR count). The molecule has 0 aromatic carbocycles. The molecule has 0 bridgehead atoms. The van der Waals surface area contributed by atoms with Crippen LogP contribution in [-0.4, -0.2) is 21.1 Å². The normalized spacial score (nSPS) is 10.1.